The standard InChI is InChI=1S/C31H34FN5O2/c1-21-12-14-23(15-13-21)29-22(2)30(37(35-29)26-10-5-4-6-11-26)34-31(38)33-28-20-36(16-17-39-3)19-27(28)24-8-7-9-25(32)18-24/h4-15,18,27-28H,16-17,19-20H2,1-3H3,(H2,33,34,38)/t27-,28+/m0/s1. The second-order valence-corrected chi connectivity index (χ2v) is 10.1. The molecule has 39 heavy (non-hydrogen) atoms. The van der Waals surface area contributed by atoms with Crippen LogP contribution in [0.25, 0.3) is 16.9 Å². The summed E-state index contributed by atoms with van der Waals surface area (Å²) in [5.74, 6) is 0.273. The number of hydrogen-bond acceptors (Lipinski definition) is 4. The fourth-order valence-electron chi connectivity index (χ4n) is 5.21. The molecule has 1 aliphatic rings. The quantitative estimate of drug-likeness (QED) is 0.316. The lowest BCUT2D eigenvalue weighted by atomic mass is 9.94. The summed E-state index contributed by atoms with van der Waals surface area (Å²) in [6, 6.07) is 24.0. The van der Waals surface area contributed by atoms with E-state index in [-0.39, 0.29) is 23.8 Å². The molecule has 1 aliphatic heterocycles. The van der Waals surface area contributed by atoms with Crippen molar-refractivity contribution in [2.75, 3.05) is 38.7 Å². The number of nitrogens with one attached hydrogen (secondary N) is 2. The minimum absolute atomic E-state index is 0.0495. The van der Waals surface area contributed by atoms with E-state index in [0.29, 0.717) is 25.5 Å². The Morgan fingerprint density at radius 3 is 2.51 bits per heavy atom. The smallest absolute Gasteiger partial charge is 0.320 e. The van der Waals surface area contributed by atoms with Crippen molar-refractivity contribution in [3.63, 3.8) is 0 Å². The third kappa shape index (κ3) is 6.02. The van der Waals surface area contributed by atoms with Crippen LogP contribution < -0.4 is 10.6 Å². The van der Waals surface area contributed by atoms with Gasteiger partial charge in [-0.3, -0.25) is 10.2 Å². The van der Waals surface area contributed by atoms with Gasteiger partial charge in [0.15, 0.2) is 0 Å². The summed E-state index contributed by atoms with van der Waals surface area (Å²) in [7, 11) is 1.67. The van der Waals surface area contributed by atoms with Gasteiger partial charge in [-0.15, -0.1) is 0 Å². The molecule has 4 aromatic rings. The number of ether oxygens (including phenoxy) is 1. The lowest BCUT2D eigenvalue weighted by Crippen LogP contribution is -2.42. The molecule has 2 atom stereocenters. The van der Waals surface area contributed by atoms with Crippen LogP contribution in [0.15, 0.2) is 78.9 Å². The minimum Gasteiger partial charge on any atom is -0.383 e. The number of carbonyl (C=O) groups is 1. The second kappa shape index (κ2) is 11.8. The van der Waals surface area contributed by atoms with Crippen molar-refractivity contribution in [2.45, 2.75) is 25.8 Å². The SMILES string of the molecule is COCCN1C[C@@H](NC(=O)Nc2c(C)c(-c3ccc(C)cc3)nn2-c2ccccc2)[C@H](c2cccc(F)c2)C1. The number of nitrogens with zero attached hydrogens (tertiary/aromatic N) is 3. The molecule has 0 aliphatic carbocycles. The number of para-hydroxylation sites is 1. The normalized spacial score (nSPS) is 17.3. The summed E-state index contributed by atoms with van der Waals surface area (Å²) in [4.78, 5) is 15.7. The number of aromatic nitrogens is 2. The van der Waals surface area contributed by atoms with E-state index in [4.69, 9.17) is 9.84 Å². The highest BCUT2D eigenvalue weighted by molar-refractivity contribution is 5.91. The van der Waals surface area contributed by atoms with Crippen molar-refractivity contribution >= 4 is 11.8 Å². The van der Waals surface area contributed by atoms with Gasteiger partial charge in [-0.2, -0.15) is 5.10 Å². The molecular weight excluding hydrogens is 493 g/mol. The number of hydrogen-bond donors (Lipinski definition) is 2. The molecule has 0 unspecified atom stereocenters. The second-order valence-electron chi connectivity index (χ2n) is 10.1. The minimum atomic E-state index is -0.328. The molecule has 5 rings (SSSR count). The lowest BCUT2D eigenvalue weighted by Gasteiger charge is -2.21. The zero-order chi connectivity index (χ0) is 27.4. The van der Waals surface area contributed by atoms with E-state index in [1.165, 1.54) is 11.6 Å². The molecule has 1 fully saturated rings. The van der Waals surface area contributed by atoms with Gasteiger partial charge < -0.3 is 10.1 Å². The Morgan fingerprint density at radius 2 is 1.79 bits per heavy atom. The van der Waals surface area contributed by atoms with Gasteiger partial charge in [0.1, 0.15) is 11.6 Å². The summed E-state index contributed by atoms with van der Waals surface area (Å²) in [6.07, 6.45) is 0. The summed E-state index contributed by atoms with van der Waals surface area (Å²) < 4.78 is 21.1. The molecule has 0 spiro atoms. The molecule has 3 aromatic carbocycles. The van der Waals surface area contributed by atoms with E-state index in [2.05, 4.69) is 27.7 Å². The molecule has 8 heteroatoms. The number of carbonyl (C=O) groups excluding carboxylic acids is 1. The molecular formula is C31H34FN5O2. The number of amides is 2. The first-order valence-electron chi connectivity index (χ1n) is 13.2. The topological polar surface area (TPSA) is 71.4 Å². The molecule has 7 nitrogen and oxygen atoms in total. The number of methoxy groups -OCH3 is 1. The molecule has 0 bridgehead atoms. The van der Waals surface area contributed by atoms with Crippen LogP contribution in [0.5, 0.6) is 0 Å². The van der Waals surface area contributed by atoms with Gasteiger partial charge in [-0.05, 0) is 43.7 Å². The maximum Gasteiger partial charge on any atom is 0.320 e. The molecule has 0 radical (unpaired) electrons. The summed E-state index contributed by atoms with van der Waals surface area (Å²) >= 11 is 0. The molecule has 2 N–H and O–H groups in total. The first-order chi connectivity index (χ1) is 18.9. The van der Waals surface area contributed by atoms with Gasteiger partial charge in [-0.1, -0.05) is 60.2 Å². The predicted molar refractivity (Wildman–Crippen MR) is 152 cm³/mol. The summed E-state index contributed by atoms with van der Waals surface area (Å²) in [5.41, 5.74) is 5.53. The average Bonchev–Trinajstić information content (AvgIpc) is 3.49. The lowest BCUT2D eigenvalue weighted by molar-refractivity contribution is 0.159. The summed E-state index contributed by atoms with van der Waals surface area (Å²) in [5, 5.41) is 11.1. The van der Waals surface area contributed by atoms with Crippen LogP contribution in [0.4, 0.5) is 15.0 Å². The number of anilines is 1. The Hall–Kier alpha value is -4.01. The van der Waals surface area contributed by atoms with Crippen molar-refractivity contribution in [1.29, 1.82) is 0 Å². The van der Waals surface area contributed by atoms with Crippen molar-refractivity contribution in [2.24, 2.45) is 0 Å². The molecule has 1 aromatic heterocycles. The van der Waals surface area contributed by atoms with E-state index in [1.807, 2.05) is 62.4 Å². The average molecular weight is 528 g/mol. The highest BCUT2D eigenvalue weighted by Crippen LogP contribution is 2.32. The third-order valence-corrected chi connectivity index (χ3v) is 7.28. The fourth-order valence-corrected chi connectivity index (χ4v) is 5.21. The van der Waals surface area contributed by atoms with Crippen molar-refractivity contribution < 1.29 is 13.9 Å². The van der Waals surface area contributed by atoms with E-state index in [9.17, 15) is 9.18 Å². The number of aryl methyl sites for hydroxylation is 1. The van der Waals surface area contributed by atoms with Gasteiger partial charge in [0.25, 0.3) is 0 Å². The van der Waals surface area contributed by atoms with E-state index in [0.717, 1.165) is 34.6 Å². The monoisotopic (exact) mass is 527 g/mol. The third-order valence-electron chi connectivity index (χ3n) is 7.28. The van der Waals surface area contributed by atoms with E-state index < -0.39 is 0 Å². The first kappa shape index (κ1) is 26.6. The largest absolute Gasteiger partial charge is 0.383 e. The van der Waals surface area contributed by atoms with Crippen molar-refractivity contribution in [1.82, 2.24) is 20.0 Å². The number of urea groups is 1. The molecule has 202 valence electrons. The van der Waals surface area contributed by atoms with Crippen molar-refractivity contribution in [3.05, 3.63) is 101 Å². The van der Waals surface area contributed by atoms with Gasteiger partial charge >= 0.3 is 6.03 Å². The maximum absolute atomic E-state index is 14.1. The Labute approximate surface area is 228 Å². The number of likely N-dealkylation sites (tertiary alicyclic amines) is 1. The van der Waals surface area contributed by atoms with Crippen LogP contribution in [0.3, 0.4) is 0 Å². The highest BCUT2D eigenvalue weighted by Gasteiger charge is 2.35. The van der Waals surface area contributed by atoms with Crippen LogP contribution in [-0.4, -0.2) is 60.1 Å². The zero-order valence-corrected chi connectivity index (χ0v) is 22.5. The van der Waals surface area contributed by atoms with Crippen molar-refractivity contribution in [3.8, 4) is 16.9 Å². The van der Waals surface area contributed by atoms with Crippen LogP contribution in [0.2, 0.25) is 0 Å². The Kier molecular flexibility index (Phi) is 8.05. The van der Waals surface area contributed by atoms with E-state index in [1.54, 1.807) is 23.9 Å². The fraction of sp³-hybridized carbons (Fsp3) is 0.290. The Bertz CT molecular complexity index is 1420. The summed E-state index contributed by atoms with van der Waals surface area (Å²) in [6.45, 7) is 6.69. The first-order valence-corrected chi connectivity index (χ1v) is 13.2. The van der Waals surface area contributed by atoms with E-state index >= 15 is 0 Å². The highest BCUT2D eigenvalue weighted by atomic mass is 19.1. The number of benzene rings is 3. The molecule has 1 saturated heterocycles. The van der Waals surface area contributed by atoms with Crippen LogP contribution >= 0.6 is 0 Å². The Morgan fingerprint density at radius 1 is 1.03 bits per heavy atom. The van der Waals surface area contributed by atoms with Crippen LogP contribution in [0, 0.1) is 19.7 Å². The molecule has 2 amide bonds. The maximum atomic E-state index is 14.1. The van der Waals surface area contributed by atoms with Crippen LogP contribution in [0.1, 0.15) is 22.6 Å². The van der Waals surface area contributed by atoms with Gasteiger partial charge in [0.2, 0.25) is 0 Å². The van der Waals surface area contributed by atoms with Crippen LogP contribution in [-0.2, 0) is 4.74 Å². The number of rotatable bonds is 8. The van der Waals surface area contributed by atoms with Gasteiger partial charge in [0.05, 0.1) is 24.0 Å². The molecule has 2 heterocycles. The van der Waals surface area contributed by atoms with Gasteiger partial charge in [0, 0.05) is 43.8 Å². The zero-order valence-electron chi connectivity index (χ0n) is 22.5. The molecule has 0 saturated carbocycles. The van der Waals surface area contributed by atoms with Gasteiger partial charge in [-0.25, -0.2) is 13.9 Å². The Balaban J connectivity index is 1.42. The predicted octanol–water partition coefficient (Wildman–Crippen LogP) is 5.53. The number of halogens is 1.